The smallest absolute Gasteiger partial charge is 0.251 e. The van der Waals surface area contributed by atoms with Crippen LogP contribution >= 0.6 is 0 Å². The van der Waals surface area contributed by atoms with Gasteiger partial charge in [-0.15, -0.1) is 0 Å². The van der Waals surface area contributed by atoms with E-state index in [0.717, 1.165) is 11.3 Å². The van der Waals surface area contributed by atoms with Crippen molar-refractivity contribution in [2.24, 2.45) is 0 Å². The molecule has 25 heavy (non-hydrogen) atoms. The van der Waals surface area contributed by atoms with Gasteiger partial charge in [-0.25, -0.2) is 0 Å². The van der Waals surface area contributed by atoms with Crippen LogP contribution in [0, 0.1) is 0 Å². The summed E-state index contributed by atoms with van der Waals surface area (Å²) in [6.45, 7) is 0.282. The Hall–Kier alpha value is -2.89. The van der Waals surface area contributed by atoms with Crippen LogP contribution in [0.5, 0.6) is 17.2 Å². The van der Waals surface area contributed by atoms with E-state index < -0.39 is 0 Å². The molecule has 6 heteroatoms. The van der Waals surface area contributed by atoms with Gasteiger partial charge in [0.05, 0.1) is 33.4 Å². The van der Waals surface area contributed by atoms with E-state index in [4.69, 9.17) is 14.2 Å². The first-order chi connectivity index (χ1) is 12.0. The summed E-state index contributed by atoms with van der Waals surface area (Å²) >= 11 is 0. The molecule has 2 rings (SSSR count). The van der Waals surface area contributed by atoms with Gasteiger partial charge in [-0.1, -0.05) is 0 Å². The first-order valence-corrected chi connectivity index (χ1v) is 7.84. The Bertz CT molecular complexity index is 702. The van der Waals surface area contributed by atoms with Gasteiger partial charge < -0.3 is 24.4 Å². The number of anilines is 1. The van der Waals surface area contributed by atoms with Crippen molar-refractivity contribution in [2.45, 2.75) is 6.54 Å². The average molecular weight is 344 g/mol. The van der Waals surface area contributed by atoms with E-state index >= 15 is 0 Å². The Morgan fingerprint density at radius 1 is 0.960 bits per heavy atom. The maximum atomic E-state index is 12.4. The third-order valence-electron chi connectivity index (χ3n) is 3.89. The second kappa shape index (κ2) is 8.28. The van der Waals surface area contributed by atoms with E-state index in [1.807, 2.05) is 31.1 Å². The lowest BCUT2D eigenvalue weighted by molar-refractivity contribution is 0.0950. The molecule has 0 fully saturated rings. The Morgan fingerprint density at radius 3 is 1.96 bits per heavy atom. The molecular formula is C19H24N2O4. The Kier molecular flexibility index (Phi) is 6.11. The second-order valence-electron chi connectivity index (χ2n) is 5.63. The summed E-state index contributed by atoms with van der Waals surface area (Å²) in [5.74, 6) is 1.66. The van der Waals surface area contributed by atoms with Crippen LogP contribution < -0.4 is 24.4 Å². The van der Waals surface area contributed by atoms with E-state index in [-0.39, 0.29) is 12.5 Å². The Balaban J connectivity index is 2.16. The molecule has 0 heterocycles. The summed E-state index contributed by atoms with van der Waals surface area (Å²) in [5.41, 5.74) is 2.39. The fourth-order valence-corrected chi connectivity index (χ4v) is 2.43. The number of nitrogens with one attached hydrogen (secondary N) is 1. The number of carbonyl (C=O) groups is 1. The van der Waals surface area contributed by atoms with Crippen molar-refractivity contribution in [3.05, 3.63) is 47.5 Å². The second-order valence-corrected chi connectivity index (χ2v) is 5.63. The molecule has 0 aliphatic rings. The van der Waals surface area contributed by atoms with E-state index in [1.165, 1.54) is 0 Å². The zero-order chi connectivity index (χ0) is 18.4. The summed E-state index contributed by atoms with van der Waals surface area (Å²) in [5, 5.41) is 2.90. The number of benzene rings is 2. The number of methoxy groups -OCH3 is 3. The molecule has 1 amide bonds. The largest absolute Gasteiger partial charge is 0.496 e. The summed E-state index contributed by atoms with van der Waals surface area (Å²) in [6, 6.07) is 10.9. The van der Waals surface area contributed by atoms with Crippen molar-refractivity contribution >= 4 is 11.6 Å². The molecule has 0 saturated heterocycles. The first kappa shape index (κ1) is 18.4. The summed E-state index contributed by atoms with van der Waals surface area (Å²) in [6.07, 6.45) is 0. The number of ether oxygens (including phenoxy) is 3. The number of amides is 1. The highest BCUT2D eigenvalue weighted by Gasteiger charge is 2.15. The van der Waals surface area contributed by atoms with Crippen LogP contribution in [0.4, 0.5) is 5.69 Å². The van der Waals surface area contributed by atoms with E-state index in [2.05, 4.69) is 5.32 Å². The minimum Gasteiger partial charge on any atom is -0.496 e. The summed E-state index contributed by atoms with van der Waals surface area (Å²) < 4.78 is 16.0. The number of hydrogen-bond acceptors (Lipinski definition) is 5. The molecule has 134 valence electrons. The number of carbonyl (C=O) groups excluding carboxylic acids is 1. The lowest BCUT2D eigenvalue weighted by atomic mass is 10.1. The average Bonchev–Trinajstić information content (AvgIpc) is 2.65. The van der Waals surface area contributed by atoms with Crippen molar-refractivity contribution < 1.29 is 19.0 Å². The monoisotopic (exact) mass is 344 g/mol. The van der Waals surface area contributed by atoms with Crippen LogP contribution in [0.3, 0.4) is 0 Å². The highest BCUT2D eigenvalue weighted by Crippen LogP contribution is 2.33. The number of rotatable bonds is 7. The molecule has 0 unspecified atom stereocenters. The normalized spacial score (nSPS) is 10.1. The predicted molar refractivity (Wildman–Crippen MR) is 98.0 cm³/mol. The van der Waals surface area contributed by atoms with Crippen LogP contribution in [0.2, 0.25) is 0 Å². The molecule has 0 aromatic heterocycles. The lowest BCUT2D eigenvalue weighted by Gasteiger charge is -2.16. The van der Waals surface area contributed by atoms with Crippen LogP contribution in [-0.2, 0) is 6.54 Å². The minimum atomic E-state index is -0.162. The van der Waals surface area contributed by atoms with Gasteiger partial charge in [0.15, 0.2) is 0 Å². The van der Waals surface area contributed by atoms with Crippen molar-refractivity contribution in [3.8, 4) is 17.2 Å². The molecule has 0 radical (unpaired) electrons. The molecule has 0 aliphatic carbocycles. The lowest BCUT2D eigenvalue weighted by Crippen LogP contribution is -2.23. The van der Waals surface area contributed by atoms with Gasteiger partial charge >= 0.3 is 0 Å². The summed E-state index contributed by atoms with van der Waals surface area (Å²) in [4.78, 5) is 14.4. The van der Waals surface area contributed by atoms with Crippen LogP contribution in [-0.4, -0.2) is 41.3 Å². The quantitative estimate of drug-likeness (QED) is 0.837. The summed E-state index contributed by atoms with van der Waals surface area (Å²) in [7, 11) is 8.63. The van der Waals surface area contributed by atoms with Crippen LogP contribution in [0.15, 0.2) is 36.4 Å². The molecule has 6 nitrogen and oxygen atoms in total. The molecule has 0 saturated carbocycles. The standard InChI is InChI=1S/C19H24N2O4/c1-21(2)14-8-6-13(7-9-14)19(22)20-12-16-17(24-4)10-15(23-3)11-18(16)25-5/h6-11H,12H2,1-5H3,(H,20,22). The van der Waals surface area contributed by atoms with Gasteiger partial charge in [0.25, 0.3) is 5.91 Å². The Morgan fingerprint density at radius 2 is 1.52 bits per heavy atom. The van der Waals surface area contributed by atoms with Crippen molar-refractivity contribution in [3.63, 3.8) is 0 Å². The van der Waals surface area contributed by atoms with Crippen molar-refractivity contribution in [1.82, 2.24) is 5.32 Å². The minimum absolute atomic E-state index is 0.162. The fourth-order valence-electron chi connectivity index (χ4n) is 2.43. The molecular weight excluding hydrogens is 320 g/mol. The predicted octanol–water partition coefficient (Wildman–Crippen LogP) is 2.71. The molecule has 2 aromatic rings. The van der Waals surface area contributed by atoms with Gasteiger partial charge in [0.2, 0.25) is 0 Å². The number of nitrogens with zero attached hydrogens (tertiary/aromatic N) is 1. The zero-order valence-electron chi connectivity index (χ0n) is 15.3. The molecule has 1 N–H and O–H groups in total. The van der Waals surface area contributed by atoms with Gasteiger partial charge in [-0.2, -0.15) is 0 Å². The third-order valence-corrected chi connectivity index (χ3v) is 3.89. The molecule has 0 atom stereocenters. The number of hydrogen-bond donors (Lipinski definition) is 1. The van der Waals surface area contributed by atoms with Crippen molar-refractivity contribution in [1.29, 1.82) is 0 Å². The van der Waals surface area contributed by atoms with E-state index in [1.54, 1.807) is 45.6 Å². The van der Waals surface area contributed by atoms with Crippen LogP contribution in [0.1, 0.15) is 15.9 Å². The topological polar surface area (TPSA) is 60.0 Å². The van der Waals surface area contributed by atoms with Gasteiger partial charge in [-0.05, 0) is 24.3 Å². The maximum absolute atomic E-state index is 12.4. The molecule has 0 spiro atoms. The van der Waals surface area contributed by atoms with E-state index in [9.17, 15) is 4.79 Å². The maximum Gasteiger partial charge on any atom is 0.251 e. The zero-order valence-corrected chi connectivity index (χ0v) is 15.3. The Labute approximate surface area is 148 Å². The van der Waals surface area contributed by atoms with Gasteiger partial charge in [-0.3, -0.25) is 4.79 Å². The highest BCUT2D eigenvalue weighted by atomic mass is 16.5. The van der Waals surface area contributed by atoms with Crippen molar-refractivity contribution in [2.75, 3.05) is 40.3 Å². The molecule has 0 aliphatic heterocycles. The highest BCUT2D eigenvalue weighted by molar-refractivity contribution is 5.94. The van der Waals surface area contributed by atoms with Gasteiger partial charge in [0, 0.05) is 37.5 Å². The van der Waals surface area contributed by atoms with Gasteiger partial charge in [0.1, 0.15) is 17.2 Å². The molecule has 2 aromatic carbocycles. The third kappa shape index (κ3) is 4.35. The van der Waals surface area contributed by atoms with E-state index in [0.29, 0.717) is 22.8 Å². The first-order valence-electron chi connectivity index (χ1n) is 7.84. The van der Waals surface area contributed by atoms with Crippen LogP contribution in [0.25, 0.3) is 0 Å². The SMILES string of the molecule is COc1cc(OC)c(CNC(=O)c2ccc(N(C)C)cc2)c(OC)c1. The fraction of sp³-hybridized carbons (Fsp3) is 0.316. The molecule has 0 bridgehead atoms.